The third-order valence-electron chi connectivity index (χ3n) is 3.58. The van der Waals surface area contributed by atoms with Crippen molar-refractivity contribution in [2.75, 3.05) is 32.8 Å². The molecular formula is C19H20ClNO7. The minimum Gasteiger partial charge on any atom is -0.503 e. The molecule has 0 unspecified atom stereocenters. The molecule has 8 nitrogen and oxygen atoms in total. The normalized spacial score (nSPS) is 10.1. The quantitative estimate of drug-likeness (QED) is 0.645. The van der Waals surface area contributed by atoms with Gasteiger partial charge in [0.2, 0.25) is 0 Å². The molecule has 0 spiro atoms. The zero-order valence-corrected chi connectivity index (χ0v) is 16.3. The number of carbonyl (C=O) groups is 2. The predicted octanol–water partition coefficient (Wildman–Crippen LogP) is 3.26. The van der Waals surface area contributed by atoms with Crippen LogP contribution in [0, 0.1) is 0 Å². The predicted molar refractivity (Wildman–Crippen MR) is 103 cm³/mol. The van der Waals surface area contributed by atoms with Crippen molar-refractivity contribution in [2.45, 2.75) is 6.92 Å². The van der Waals surface area contributed by atoms with Crippen LogP contribution in [0.25, 0.3) is 0 Å². The van der Waals surface area contributed by atoms with Gasteiger partial charge in [0.1, 0.15) is 11.5 Å². The molecule has 2 aromatic rings. The number of amides is 1. The van der Waals surface area contributed by atoms with Gasteiger partial charge in [0.25, 0.3) is 5.91 Å². The Balaban J connectivity index is 2.02. The minimum atomic E-state index is -0.792. The van der Waals surface area contributed by atoms with Crippen molar-refractivity contribution in [2.24, 2.45) is 0 Å². The number of nitrogens with one attached hydrogen (secondary N) is 1. The van der Waals surface area contributed by atoms with Crippen LogP contribution in [0.4, 0.5) is 5.69 Å². The lowest BCUT2D eigenvalue weighted by Gasteiger charge is -2.12. The van der Waals surface area contributed by atoms with E-state index in [0.717, 1.165) is 0 Å². The molecule has 0 aliphatic carbocycles. The van der Waals surface area contributed by atoms with Crippen LogP contribution < -0.4 is 19.5 Å². The molecule has 1 amide bonds. The van der Waals surface area contributed by atoms with E-state index in [1.54, 1.807) is 25.1 Å². The van der Waals surface area contributed by atoms with E-state index in [-0.39, 0.29) is 28.7 Å². The summed E-state index contributed by atoms with van der Waals surface area (Å²) in [5, 5.41) is 12.3. The van der Waals surface area contributed by atoms with Gasteiger partial charge in [-0.3, -0.25) is 4.79 Å². The van der Waals surface area contributed by atoms with Crippen molar-refractivity contribution in [3.8, 4) is 23.0 Å². The second-order valence-corrected chi connectivity index (χ2v) is 5.84. The molecule has 2 rings (SSSR count). The molecule has 9 heteroatoms. The first kappa shape index (κ1) is 21.2. The Labute approximate surface area is 166 Å². The Hall–Kier alpha value is -3.13. The van der Waals surface area contributed by atoms with Crippen LogP contribution >= 0.6 is 11.6 Å². The van der Waals surface area contributed by atoms with Crippen LogP contribution in [-0.2, 0) is 9.53 Å². The number of hydrogen-bond donors (Lipinski definition) is 2. The van der Waals surface area contributed by atoms with Gasteiger partial charge in [-0.25, -0.2) is 4.79 Å². The van der Waals surface area contributed by atoms with Crippen LogP contribution in [-0.4, -0.2) is 44.4 Å². The average Bonchev–Trinajstić information content (AvgIpc) is 2.69. The third-order valence-corrected chi connectivity index (χ3v) is 3.87. The molecule has 0 heterocycles. The van der Waals surface area contributed by atoms with E-state index < -0.39 is 18.5 Å². The lowest BCUT2D eigenvalue weighted by atomic mass is 10.2. The molecule has 2 N–H and O–H groups in total. The topological polar surface area (TPSA) is 103 Å². The molecule has 0 atom stereocenters. The van der Waals surface area contributed by atoms with E-state index in [2.05, 4.69) is 5.32 Å². The number of halogens is 1. The molecule has 0 aliphatic rings. The highest BCUT2D eigenvalue weighted by Crippen LogP contribution is 2.35. The maximum absolute atomic E-state index is 12.2. The Morgan fingerprint density at radius 1 is 1.11 bits per heavy atom. The molecule has 0 fully saturated rings. The Kier molecular flexibility index (Phi) is 7.34. The summed E-state index contributed by atoms with van der Waals surface area (Å²) in [4.78, 5) is 24.3. The number of carbonyl (C=O) groups excluding carboxylic acids is 2. The Morgan fingerprint density at radius 3 is 2.50 bits per heavy atom. The van der Waals surface area contributed by atoms with Gasteiger partial charge >= 0.3 is 5.97 Å². The summed E-state index contributed by atoms with van der Waals surface area (Å²) in [6, 6.07) is 7.38. The molecular weight excluding hydrogens is 390 g/mol. The molecule has 0 aromatic heterocycles. The van der Waals surface area contributed by atoms with Gasteiger partial charge in [0.05, 0.1) is 37.1 Å². The van der Waals surface area contributed by atoms with E-state index in [1.165, 1.54) is 26.4 Å². The Bertz CT molecular complexity index is 870. The fourth-order valence-corrected chi connectivity index (χ4v) is 2.47. The highest BCUT2D eigenvalue weighted by atomic mass is 35.5. The summed E-state index contributed by atoms with van der Waals surface area (Å²) in [6.07, 6.45) is 0. The van der Waals surface area contributed by atoms with Crippen molar-refractivity contribution in [3.63, 3.8) is 0 Å². The number of aromatic hydroxyl groups is 1. The number of ether oxygens (including phenoxy) is 4. The molecule has 0 saturated heterocycles. The first-order valence-electron chi connectivity index (χ1n) is 8.23. The smallest absolute Gasteiger partial charge is 0.338 e. The Morgan fingerprint density at radius 2 is 1.86 bits per heavy atom. The zero-order valence-electron chi connectivity index (χ0n) is 15.6. The molecule has 28 heavy (non-hydrogen) atoms. The van der Waals surface area contributed by atoms with Crippen molar-refractivity contribution in [1.82, 2.24) is 0 Å². The van der Waals surface area contributed by atoms with Gasteiger partial charge in [-0.15, -0.1) is 0 Å². The molecule has 0 bridgehead atoms. The molecule has 150 valence electrons. The number of anilines is 1. The summed E-state index contributed by atoms with van der Waals surface area (Å²) < 4.78 is 20.5. The van der Waals surface area contributed by atoms with Crippen LogP contribution in [0.1, 0.15) is 17.3 Å². The lowest BCUT2D eigenvalue weighted by molar-refractivity contribution is -0.119. The highest BCUT2D eigenvalue weighted by molar-refractivity contribution is 6.32. The van der Waals surface area contributed by atoms with E-state index in [0.29, 0.717) is 17.2 Å². The second kappa shape index (κ2) is 9.70. The maximum Gasteiger partial charge on any atom is 0.338 e. The highest BCUT2D eigenvalue weighted by Gasteiger charge is 2.17. The number of benzene rings is 2. The number of methoxy groups -OCH3 is 2. The van der Waals surface area contributed by atoms with Gasteiger partial charge in [0.15, 0.2) is 18.1 Å². The van der Waals surface area contributed by atoms with E-state index in [9.17, 15) is 14.7 Å². The zero-order chi connectivity index (χ0) is 20.7. The van der Waals surface area contributed by atoms with Crippen molar-refractivity contribution in [1.29, 1.82) is 0 Å². The summed E-state index contributed by atoms with van der Waals surface area (Å²) in [6.45, 7) is 1.46. The summed E-state index contributed by atoms with van der Waals surface area (Å²) >= 11 is 5.89. The van der Waals surface area contributed by atoms with Crippen LogP contribution in [0.5, 0.6) is 23.0 Å². The first-order chi connectivity index (χ1) is 13.4. The van der Waals surface area contributed by atoms with Crippen LogP contribution in [0.2, 0.25) is 5.02 Å². The number of phenolic OH excluding ortho intramolecular Hbond substituents is 1. The van der Waals surface area contributed by atoms with Gasteiger partial charge in [-0.2, -0.15) is 0 Å². The third kappa shape index (κ3) is 5.20. The number of phenols is 1. The largest absolute Gasteiger partial charge is 0.503 e. The lowest BCUT2D eigenvalue weighted by Crippen LogP contribution is -2.21. The molecule has 0 radical (unpaired) electrons. The van der Waals surface area contributed by atoms with Crippen molar-refractivity contribution < 1.29 is 33.6 Å². The van der Waals surface area contributed by atoms with Crippen molar-refractivity contribution >= 4 is 29.2 Å². The van der Waals surface area contributed by atoms with Crippen molar-refractivity contribution in [3.05, 3.63) is 40.9 Å². The summed E-state index contributed by atoms with van der Waals surface area (Å²) in [5.74, 6) is -0.619. The van der Waals surface area contributed by atoms with Crippen LogP contribution in [0.15, 0.2) is 30.3 Å². The molecule has 2 aromatic carbocycles. The molecule has 0 saturated carbocycles. The maximum atomic E-state index is 12.2. The number of hydrogen-bond acceptors (Lipinski definition) is 7. The first-order valence-corrected chi connectivity index (χ1v) is 8.61. The number of esters is 1. The number of rotatable bonds is 8. The standard InChI is InChI=1S/C19H20ClNO7/c1-4-27-16-8-11(7-13(20)18(16)23)19(24)28-10-17(22)21-14-6-5-12(25-2)9-15(14)26-3/h5-9,23H,4,10H2,1-3H3,(H,21,22). The van der Waals surface area contributed by atoms with Gasteiger partial charge in [-0.1, -0.05) is 11.6 Å². The molecule has 0 aliphatic heterocycles. The second-order valence-electron chi connectivity index (χ2n) is 5.43. The van der Waals surface area contributed by atoms with Gasteiger partial charge < -0.3 is 29.4 Å². The van der Waals surface area contributed by atoms with E-state index in [4.69, 9.17) is 30.5 Å². The fraction of sp³-hybridized carbons (Fsp3) is 0.263. The average molecular weight is 410 g/mol. The summed E-state index contributed by atoms with van der Waals surface area (Å²) in [7, 11) is 2.97. The minimum absolute atomic E-state index is 0.0427. The van der Waals surface area contributed by atoms with Crippen LogP contribution in [0.3, 0.4) is 0 Å². The monoisotopic (exact) mass is 409 g/mol. The van der Waals surface area contributed by atoms with Gasteiger partial charge in [0, 0.05) is 6.07 Å². The van der Waals surface area contributed by atoms with E-state index >= 15 is 0 Å². The fourth-order valence-electron chi connectivity index (χ4n) is 2.26. The van der Waals surface area contributed by atoms with Gasteiger partial charge in [-0.05, 0) is 31.2 Å². The SMILES string of the molecule is CCOc1cc(C(=O)OCC(=O)Nc2ccc(OC)cc2OC)cc(Cl)c1O. The van der Waals surface area contributed by atoms with E-state index in [1.807, 2.05) is 0 Å². The summed E-state index contributed by atoms with van der Waals surface area (Å²) in [5.41, 5.74) is 0.441.